The number of ether oxygens (including phenoxy) is 1. The zero-order valence-electron chi connectivity index (χ0n) is 9.44. The van der Waals surface area contributed by atoms with E-state index in [1.54, 1.807) is 6.08 Å². The van der Waals surface area contributed by atoms with Crippen LogP contribution in [0.1, 0.15) is 26.2 Å². The number of allylic oxidation sites excluding steroid dienone is 1. The average molecular weight is 237 g/mol. The van der Waals surface area contributed by atoms with E-state index in [1.807, 2.05) is 6.92 Å². The number of alkyl halides is 3. The fourth-order valence-electron chi connectivity index (χ4n) is 1.71. The van der Waals surface area contributed by atoms with Gasteiger partial charge in [-0.05, 0) is 19.8 Å². The molecule has 1 fully saturated rings. The Labute approximate surface area is 93.9 Å². The van der Waals surface area contributed by atoms with Crippen LogP contribution in [0.5, 0.6) is 0 Å². The fraction of sp³-hybridized carbons (Fsp3) is 0.818. The summed E-state index contributed by atoms with van der Waals surface area (Å²) in [5.41, 5.74) is 0.993. The number of halogens is 3. The largest absolute Gasteiger partial charge is 0.389 e. The van der Waals surface area contributed by atoms with Crippen molar-refractivity contribution in [2.45, 2.75) is 38.4 Å². The molecule has 1 aliphatic heterocycles. The number of morpholine rings is 1. The Hall–Kier alpha value is -0.550. The molecule has 2 nitrogen and oxygen atoms in total. The van der Waals surface area contributed by atoms with Crippen LogP contribution < -0.4 is 5.32 Å². The third-order valence-electron chi connectivity index (χ3n) is 2.49. The van der Waals surface area contributed by atoms with Gasteiger partial charge in [-0.3, -0.25) is 0 Å². The monoisotopic (exact) mass is 237 g/mol. The van der Waals surface area contributed by atoms with Crippen LogP contribution in [0.2, 0.25) is 0 Å². The van der Waals surface area contributed by atoms with Crippen molar-refractivity contribution in [3.8, 4) is 0 Å². The summed E-state index contributed by atoms with van der Waals surface area (Å²) in [7, 11) is 0. The van der Waals surface area contributed by atoms with E-state index in [0.29, 0.717) is 13.2 Å². The van der Waals surface area contributed by atoms with Gasteiger partial charge in [-0.2, -0.15) is 13.2 Å². The molecule has 1 aliphatic rings. The number of hydrogen-bond acceptors (Lipinski definition) is 2. The Morgan fingerprint density at radius 3 is 2.81 bits per heavy atom. The molecular formula is C11H18F3NO. The summed E-state index contributed by atoms with van der Waals surface area (Å²) in [6, 6.07) is 0.246. The lowest BCUT2D eigenvalue weighted by Crippen LogP contribution is -2.41. The van der Waals surface area contributed by atoms with Crippen LogP contribution in [0.3, 0.4) is 0 Å². The first-order valence-corrected chi connectivity index (χ1v) is 5.51. The lowest BCUT2D eigenvalue weighted by Gasteiger charge is -2.24. The maximum absolute atomic E-state index is 11.9. The van der Waals surface area contributed by atoms with Gasteiger partial charge in [-0.1, -0.05) is 11.6 Å². The van der Waals surface area contributed by atoms with Crippen LogP contribution in [-0.4, -0.2) is 32.0 Å². The predicted molar refractivity (Wildman–Crippen MR) is 56.3 cm³/mol. The highest BCUT2D eigenvalue weighted by Gasteiger charge is 2.25. The van der Waals surface area contributed by atoms with Crippen molar-refractivity contribution in [2.24, 2.45) is 0 Å². The standard InChI is InChI=1S/C11H18F3NO/c1-9(3-2-4-11(12,13)14)7-10-8-16-6-5-15-10/h3,10,15H,2,4-8H2,1H3. The van der Waals surface area contributed by atoms with Gasteiger partial charge in [0.15, 0.2) is 0 Å². The number of hydrogen-bond donors (Lipinski definition) is 1. The molecule has 1 saturated heterocycles. The molecule has 0 bridgehead atoms. The first kappa shape index (κ1) is 13.5. The first-order valence-electron chi connectivity index (χ1n) is 5.51. The molecular weight excluding hydrogens is 219 g/mol. The minimum atomic E-state index is -4.05. The van der Waals surface area contributed by atoms with Crippen molar-refractivity contribution >= 4 is 0 Å². The van der Waals surface area contributed by atoms with Gasteiger partial charge < -0.3 is 10.1 Å². The van der Waals surface area contributed by atoms with E-state index in [2.05, 4.69) is 5.32 Å². The van der Waals surface area contributed by atoms with Crippen molar-refractivity contribution < 1.29 is 17.9 Å². The Bertz CT molecular complexity index is 232. The second-order valence-electron chi connectivity index (χ2n) is 4.13. The Morgan fingerprint density at radius 2 is 2.25 bits per heavy atom. The fourth-order valence-corrected chi connectivity index (χ4v) is 1.71. The highest BCUT2D eigenvalue weighted by atomic mass is 19.4. The molecule has 1 heterocycles. The SMILES string of the molecule is CC(=CCCC(F)(F)F)CC1COCCN1. The van der Waals surface area contributed by atoms with Crippen LogP contribution in [0, 0.1) is 0 Å². The number of rotatable bonds is 4. The van der Waals surface area contributed by atoms with E-state index in [-0.39, 0.29) is 12.5 Å². The molecule has 0 saturated carbocycles. The van der Waals surface area contributed by atoms with E-state index in [1.165, 1.54) is 0 Å². The van der Waals surface area contributed by atoms with Gasteiger partial charge in [-0.25, -0.2) is 0 Å². The van der Waals surface area contributed by atoms with Crippen molar-refractivity contribution in [1.82, 2.24) is 5.32 Å². The molecule has 0 aliphatic carbocycles. The molecule has 1 N–H and O–H groups in total. The molecule has 0 amide bonds. The van der Waals surface area contributed by atoms with E-state index < -0.39 is 12.6 Å². The highest BCUT2D eigenvalue weighted by Crippen LogP contribution is 2.22. The molecule has 0 radical (unpaired) electrons. The van der Waals surface area contributed by atoms with Gasteiger partial charge in [-0.15, -0.1) is 0 Å². The molecule has 5 heteroatoms. The van der Waals surface area contributed by atoms with Crippen LogP contribution in [-0.2, 0) is 4.74 Å². The third-order valence-corrected chi connectivity index (χ3v) is 2.49. The first-order chi connectivity index (χ1) is 7.47. The minimum Gasteiger partial charge on any atom is -0.379 e. The van der Waals surface area contributed by atoms with Crippen LogP contribution >= 0.6 is 0 Å². The molecule has 0 spiro atoms. The van der Waals surface area contributed by atoms with Crippen molar-refractivity contribution in [3.05, 3.63) is 11.6 Å². The maximum atomic E-state index is 11.9. The topological polar surface area (TPSA) is 21.3 Å². The van der Waals surface area contributed by atoms with Crippen LogP contribution in [0.4, 0.5) is 13.2 Å². The second-order valence-corrected chi connectivity index (χ2v) is 4.13. The minimum absolute atomic E-state index is 0.0723. The summed E-state index contributed by atoms with van der Waals surface area (Å²) in [4.78, 5) is 0. The molecule has 1 atom stereocenters. The van der Waals surface area contributed by atoms with Gasteiger partial charge in [0.25, 0.3) is 0 Å². The third kappa shape index (κ3) is 6.12. The smallest absolute Gasteiger partial charge is 0.379 e. The molecule has 94 valence electrons. The predicted octanol–water partition coefficient (Wildman–Crippen LogP) is 2.65. The quantitative estimate of drug-likeness (QED) is 0.759. The Morgan fingerprint density at radius 1 is 1.50 bits per heavy atom. The zero-order valence-corrected chi connectivity index (χ0v) is 9.44. The lowest BCUT2D eigenvalue weighted by molar-refractivity contribution is -0.133. The molecule has 1 unspecified atom stereocenters. The van der Waals surface area contributed by atoms with Gasteiger partial charge in [0.2, 0.25) is 0 Å². The molecule has 0 aromatic carbocycles. The molecule has 0 aromatic rings. The summed E-state index contributed by atoms with van der Waals surface area (Å²) in [6.45, 7) is 4.05. The summed E-state index contributed by atoms with van der Waals surface area (Å²) in [6.07, 6.45) is -2.29. The zero-order chi connectivity index (χ0) is 12.0. The van der Waals surface area contributed by atoms with Crippen molar-refractivity contribution in [2.75, 3.05) is 19.8 Å². The summed E-state index contributed by atoms with van der Waals surface area (Å²) in [5.74, 6) is 0. The van der Waals surface area contributed by atoms with E-state index in [9.17, 15) is 13.2 Å². The van der Waals surface area contributed by atoms with E-state index in [0.717, 1.165) is 18.5 Å². The van der Waals surface area contributed by atoms with Crippen LogP contribution in [0.15, 0.2) is 11.6 Å². The molecule has 1 rings (SSSR count). The summed E-state index contributed by atoms with van der Waals surface area (Å²) < 4.78 is 41.0. The summed E-state index contributed by atoms with van der Waals surface area (Å²) in [5, 5.41) is 3.27. The van der Waals surface area contributed by atoms with Gasteiger partial charge in [0.1, 0.15) is 0 Å². The number of nitrogens with one attached hydrogen (secondary N) is 1. The molecule has 16 heavy (non-hydrogen) atoms. The average Bonchev–Trinajstić information content (AvgIpc) is 2.17. The Kier molecular flexibility index (Phi) is 5.28. The highest BCUT2D eigenvalue weighted by molar-refractivity contribution is 5.01. The van der Waals surface area contributed by atoms with E-state index >= 15 is 0 Å². The Balaban J connectivity index is 2.22. The lowest BCUT2D eigenvalue weighted by atomic mass is 10.1. The van der Waals surface area contributed by atoms with Crippen molar-refractivity contribution in [1.29, 1.82) is 0 Å². The summed E-state index contributed by atoms with van der Waals surface area (Å²) >= 11 is 0. The molecule has 0 aromatic heterocycles. The van der Waals surface area contributed by atoms with Crippen LogP contribution in [0.25, 0.3) is 0 Å². The maximum Gasteiger partial charge on any atom is 0.389 e. The van der Waals surface area contributed by atoms with Gasteiger partial charge in [0, 0.05) is 19.0 Å². The second kappa shape index (κ2) is 6.25. The van der Waals surface area contributed by atoms with Crippen molar-refractivity contribution in [3.63, 3.8) is 0 Å². The van der Waals surface area contributed by atoms with E-state index in [4.69, 9.17) is 4.74 Å². The van der Waals surface area contributed by atoms with Gasteiger partial charge in [0.05, 0.1) is 13.2 Å². The normalized spacial score (nSPS) is 23.5. The van der Waals surface area contributed by atoms with Gasteiger partial charge >= 0.3 is 6.18 Å².